The van der Waals surface area contributed by atoms with Crippen molar-refractivity contribution in [3.63, 3.8) is 0 Å². The minimum atomic E-state index is -0.146. The summed E-state index contributed by atoms with van der Waals surface area (Å²) in [5.74, 6) is 0.320. The predicted octanol–water partition coefficient (Wildman–Crippen LogP) is 2.06. The smallest absolute Gasteiger partial charge is 0.255 e. The molecule has 1 aliphatic rings. The van der Waals surface area contributed by atoms with Crippen molar-refractivity contribution in [2.24, 2.45) is 5.92 Å². The van der Waals surface area contributed by atoms with Gasteiger partial charge in [-0.2, -0.15) is 0 Å². The highest BCUT2D eigenvalue weighted by Gasteiger charge is 2.24. The lowest BCUT2D eigenvalue weighted by Crippen LogP contribution is -2.30. The number of rotatable bonds is 6. The zero-order valence-corrected chi connectivity index (χ0v) is 15.3. The van der Waals surface area contributed by atoms with Crippen LogP contribution in [0.1, 0.15) is 42.7 Å². The predicted molar refractivity (Wildman–Crippen MR) is 99.7 cm³/mol. The second-order valence-electron chi connectivity index (χ2n) is 7.07. The summed E-state index contributed by atoms with van der Waals surface area (Å²) in [6.45, 7) is 8.95. The van der Waals surface area contributed by atoms with Crippen LogP contribution in [0.3, 0.4) is 0 Å². The van der Waals surface area contributed by atoms with Crippen LogP contribution in [0.2, 0.25) is 0 Å². The largest absolute Gasteiger partial charge is 0.350 e. The van der Waals surface area contributed by atoms with Crippen LogP contribution >= 0.6 is 0 Å². The van der Waals surface area contributed by atoms with Gasteiger partial charge in [0.2, 0.25) is 5.91 Å². The number of nitrogens with one attached hydrogen (secondary N) is 2. The summed E-state index contributed by atoms with van der Waals surface area (Å²) in [6.07, 6.45) is 7.50. The Bertz CT molecular complexity index is 826. The van der Waals surface area contributed by atoms with Gasteiger partial charge in [-0.1, -0.05) is 6.58 Å². The normalized spacial score (nSPS) is 17.0. The maximum absolute atomic E-state index is 12.3. The molecule has 1 atom stereocenters. The third-order valence-corrected chi connectivity index (χ3v) is 4.68. The number of aromatic nitrogens is 3. The van der Waals surface area contributed by atoms with Crippen molar-refractivity contribution in [1.29, 1.82) is 0 Å². The van der Waals surface area contributed by atoms with Gasteiger partial charge in [0.1, 0.15) is 5.52 Å². The van der Waals surface area contributed by atoms with Crippen LogP contribution in [0.5, 0.6) is 0 Å². The molecule has 3 heterocycles. The maximum Gasteiger partial charge on any atom is 0.255 e. The summed E-state index contributed by atoms with van der Waals surface area (Å²) in [5.41, 5.74) is 2.61. The molecule has 2 aromatic heterocycles. The first-order chi connectivity index (χ1) is 12.5. The molecule has 0 aliphatic carbocycles. The molecule has 2 aromatic rings. The summed E-state index contributed by atoms with van der Waals surface area (Å²) in [7, 11) is 0. The number of carbonyl (C=O) groups excluding carboxylic acids is 2. The molecular weight excluding hydrogens is 330 g/mol. The van der Waals surface area contributed by atoms with Crippen LogP contribution in [0.25, 0.3) is 11.2 Å². The molecule has 26 heavy (non-hydrogen) atoms. The number of H-pyrrole nitrogens is 1. The number of carbonyl (C=O) groups is 2. The molecule has 0 aromatic carbocycles. The molecule has 0 bridgehead atoms. The fourth-order valence-electron chi connectivity index (χ4n) is 3.31. The van der Waals surface area contributed by atoms with Crippen LogP contribution < -0.4 is 5.32 Å². The molecule has 0 saturated carbocycles. The van der Waals surface area contributed by atoms with Crippen molar-refractivity contribution < 1.29 is 9.59 Å². The van der Waals surface area contributed by atoms with Crippen LogP contribution in [0.4, 0.5) is 0 Å². The molecule has 7 heteroatoms. The van der Waals surface area contributed by atoms with Crippen LogP contribution in [0.15, 0.2) is 25.0 Å². The lowest BCUT2D eigenvalue weighted by atomic mass is 10.0. The Balaban J connectivity index is 1.66. The van der Waals surface area contributed by atoms with Crippen molar-refractivity contribution in [2.45, 2.75) is 39.2 Å². The van der Waals surface area contributed by atoms with Crippen LogP contribution in [-0.4, -0.2) is 50.8 Å². The zero-order valence-electron chi connectivity index (χ0n) is 15.3. The van der Waals surface area contributed by atoms with Gasteiger partial charge in [-0.25, -0.2) is 9.97 Å². The Kier molecular flexibility index (Phi) is 5.35. The first-order valence-electron chi connectivity index (χ1n) is 9.03. The first kappa shape index (κ1) is 18.1. The number of nitrogens with zero attached hydrogens (tertiary/aromatic N) is 3. The minimum absolute atomic E-state index is 0.00170. The van der Waals surface area contributed by atoms with Crippen molar-refractivity contribution in [2.75, 3.05) is 13.1 Å². The van der Waals surface area contributed by atoms with E-state index in [0.29, 0.717) is 22.6 Å². The van der Waals surface area contributed by atoms with E-state index >= 15 is 0 Å². The third-order valence-electron chi connectivity index (χ3n) is 4.68. The average Bonchev–Trinajstić information content (AvgIpc) is 3.25. The molecule has 3 rings (SSSR count). The number of hydrogen-bond donors (Lipinski definition) is 2. The van der Waals surface area contributed by atoms with E-state index in [9.17, 15) is 9.59 Å². The first-order valence-corrected chi connectivity index (χ1v) is 9.03. The molecule has 1 aliphatic heterocycles. The van der Waals surface area contributed by atoms with Crippen LogP contribution in [0, 0.1) is 5.92 Å². The highest BCUT2D eigenvalue weighted by molar-refractivity contribution is 6.04. The monoisotopic (exact) mass is 355 g/mol. The summed E-state index contributed by atoms with van der Waals surface area (Å²) >= 11 is 0. The van der Waals surface area contributed by atoms with Gasteiger partial charge in [-0.3, -0.25) is 9.59 Å². The van der Waals surface area contributed by atoms with Gasteiger partial charge >= 0.3 is 0 Å². The number of aryl methyl sites for hydroxylation is 1. The molecule has 7 nitrogen and oxygen atoms in total. The molecule has 1 fully saturated rings. The molecule has 0 radical (unpaired) electrons. The molecular formula is C19H25N5O2. The molecule has 1 saturated heterocycles. The standard InChI is InChI=1S/C19H25N5O2/c1-4-16(25)24-8-7-13(11-24)5-6-14-9-20-18-17(23-14)15(10-21-18)19(26)22-12(2)3/h4,9-10,12-13H,1,5-8,11H2,2-3H3,(H,20,21)(H,22,26)/t13-/m1/s1. The average molecular weight is 355 g/mol. The van der Waals surface area contributed by atoms with E-state index in [1.54, 1.807) is 12.4 Å². The highest BCUT2D eigenvalue weighted by Crippen LogP contribution is 2.22. The zero-order chi connectivity index (χ0) is 18.7. The molecule has 2 amide bonds. The van der Waals surface area contributed by atoms with Crippen molar-refractivity contribution in [3.05, 3.63) is 36.3 Å². The second kappa shape index (κ2) is 7.68. The Labute approximate surface area is 152 Å². The van der Waals surface area contributed by atoms with E-state index in [-0.39, 0.29) is 17.9 Å². The quantitative estimate of drug-likeness (QED) is 0.776. The van der Waals surface area contributed by atoms with Crippen molar-refractivity contribution in [1.82, 2.24) is 25.2 Å². The van der Waals surface area contributed by atoms with E-state index in [2.05, 4.69) is 26.8 Å². The van der Waals surface area contributed by atoms with E-state index in [1.165, 1.54) is 6.08 Å². The van der Waals surface area contributed by atoms with Gasteiger partial charge in [-0.05, 0) is 45.1 Å². The number of fused-ring (bicyclic) bond motifs is 1. The van der Waals surface area contributed by atoms with E-state index in [4.69, 9.17) is 0 Å². The van der Waals surface area contributed by atoms with Gasteiger partial charge in [0.05, 0.1) is 17.5 Å². The fourth-order valence-corrected chi connectivity index (χ4v) is 3.31. The number of amides is 2. The minimum Gasteiger partial charge on any atom is -0.350 e. The Morgan fingerprint density at radius 1 is 1.50 bits per heavy atom. The van der Waals surface area contributed by atoms with E-state index < -0.39 is 0 Å². The molecule has 0 unspecified atom stereocenters. The second-order valence-corrected chi connectivity index (χ2v) is 7.07. The van der Waals surface area contributed by atoms with E-state index in [0.717, 1.165) is 38.0 Å². The SMILES string of the molecule is C=CC(=O)N1CC[C@@H](CCc2cnc3[nH]cc(C(=O)NC(C)C)c3n2)C1. The lowest BCUT2D eigenvalue weighted by Gasteiger charge is -2.14. The summed E-state index contributed by atoms with van der Waals surface area (Å²) < 4.78 is 0. The van der Waals surface area contributed by atoms with E-state index in [1.807, 2.05) is 18.7 Å². The topological polar surface area (TPSA) is 91.0 Å². The highest BCUT2D eigenvalue weighted by atomic mass is 16.2. The third kappa shape index (κ3) is 3.92. The van der Waals surface area contributed by atoms with Crippen molar-refractivity contribution in [3.8, 4) is 0 Å². The maximum atomic E-state index is 12.3. The number of hydrogen-bond acceptors (Lipinski definition) is 4. The Hall–Kier alpha value is -2.70. The summed E-state index contributed by atoms with van der Waals surface area (Å²) in [4.78, 5) is 37.8. The number of aromatic amines is 1. The lowest BCUT2D eigenvalue weighted by molar-refractivity contribution is -0.125. The van der Waals surface area contributed by atoms with Crippen molar-refractivity contribution >= 4 is 23.0 Å². The number of likely N-dealkylation sites (tertiary alicyclic amines) is 1. The van der Waals surface area contributed by atoms with Gasteiger partial charge in [0.15, 0.2) is 5.65 Å². The fraction of sp³-hybridized carbons (Fsp3) is 0.474. The van der Waals surface area contributed by atoms with Crippen LogP contribution in [-0.2, 0) is 11.2 Å². The molecule has 138 valence electrons. The Morgan fingerprint density at radius 2 is 2.31 bits per heavy atom. The molecule has 0 spiro atoms. The van der Waals surface area contributed by atoms with Gasteiger partial charge in [-0.15, -0.1) is 0 Å². The molecule has 2 N–H and O–H groups in total. The summed E-state index contributed by atoms with van der Waals surface area (Å²) in [5, 5.41) is 2.88. The van der Waals surface area contributed by atoms with Gasteiger partial charge in [0.25, 0.3) is 5.91 Å². The van der Waals surface area contributed by atoms with Gasteiger partial charge < -0.3 is 15.2 Å². The Morgan fingerprint density at radius 3 is 3.04 bits per heavy atom. The summed E-state index contributed by atoms with van der Waals surface area (Å²) in [6, 6.07) is 0.0622. The van der Waals surface area contributed by atoms with Gasteiger partial charge in [0, 0.05) is 25.3 Å².